The Morgan fingerprint density at radius 1 is 1.19 bits per heavy atom. The molecule has 0 spiro atoms. The lowest BCUT2D eigenvalue weighted by Crippen LogP contribution is -2.28. The molecule has 0 saturated carbocycles. The predicted molar refractivity (Wildman–Crippen MR) is 82.4 cm³/mol. The number of hydrogen-bond donors (Lipinski definition) is 2. The Labute approximate surface area is 126 Å². The minimum atomic E-state index is -0.694. The minimum Gasteiger partial charge on any atom is -0.497 e. The number of benzene rings is 2. The minimum absolute atomic E-state index is 0.125. The van der Waals surface area contributed by atoms with Crippen LogP contribution in [0.5, 0.6) is 5.75 Å². The summed E-state index contributed by atoms with van der Waals surface area (Å²) in [4.78, 5) is 0. The highest BCUT2D eigenvalue weighted by atomic mass is 32.1. The van der Waals surface area contributed by atoms with Gasteiger partial charge in [0.05, 0.1) is 12.8 Å². The van der Waals surface area contributed by atoms with Crippen molar-refractivity contribution in [2.24, 2.45) is 0 Å². The third kappa shape index (κ3) is 4.39. The molecule has 0 heterocycles. The quantitative estimate of drug-likeness (QED) is 0.848. The lowest BCUT2D eigenvalue weighted by Gasteiger charge is -2.11. The summed E-state index contributed by atoms with van der Waals surface area (Å²) in [5, 5.41) is 5.88. The molecule has 0 unspecified atom stereocenters. The number of halogens is 2. The summed E-state index contributed by atoms with van der Waals surface area (Å²) in [6.07, 6.45) is 0. The zero-order chi connectivity index (χ0) is 15.2. The highest BCUT2D eigenvalue weighted by molar-refractivity contribution is 7.80. The van der Waals surface area contributed by atoms with Crippen molar-refractivity contribution >= 4 is 23.0 Å². The average Bonchev–Trinajstić information content (AvgIpc) is 2.48. The van der Waals surface area contributed by atoms with E-state index < -0.39 is 11.6 Å². The lowest BCUT2D eigenvalue weighted by atomic mass is 10.2. The second-order valence-corrected chi connectivity index (χ2v) is 4.69. The summed E-state index contributed by atoms with van der Waals surface area (Å²) in [5.74, 6) is -0.577. The summed E-state index contributed by atoms with van der Waals surface area (Å²) in [6, 6.07) is 10.7. The topological polar surface area (TPSA) is 33.3 Å². The third-order valence-electron chi connectivity index (χ3n) is 2.77. The van der Waals surface area contributed by atoms with Crippen LogP contribution in [0.2, 0.25) is 0 Å². The second-order valence-electron chi connectivity index (χ2n) is 4.28. The van der Waals surface area contributed by atoms with E-state index >= 15 is 0 Å². The number of nitrogens with one attached hydrogen (secondary N) is 2. The van der Waals surface area contributed by atoms with E-state index in [4.69, 9.17) is 17.0 Å². The van der Waals surface area contributed by atoms with Gasteiger partial charge in [0.2, 0.25) is 0 Å². The zero-order valence-electron chi connectivity index (χ0n) is 11.3. The van der Waals surface area contributed by atoms with Crippen molar-refractivity contribution in [3.05, 3.63) is 59.7 Å². The molecule has 21 heavy (non-hydrogen) atoms. The Hall–Kier alpha value is -2.21. The molecule has 0 aliphatic rings. The van der Waals surface area contributed by atoms with Crippen molar-refractivity contribution in [2.45, 2.75) is 6.54 Å². The molecule has 0 fully saturated rings. The van der Waals surface area contributed by atoms with E-state index in [1.54, 1.807) is 7.11 Å². The van der Waals surface area contributed by atoms with Gasteiger partial charge >= 0.3 is 0 Å². The highest BCUT2D eigenvalue weighted by Gasteiger charge is 2.05. The standard InChI is InChI=1S/C15H14F2N2OS/c1-20-12-4-2-3-10(7-12)9-18-15(21)19-14-6-5-11(16)8-13(14)17/h2-8H,9H2,1H3,(H2,18,19,21). The van der Waals surface area contributed by atoms with Gasteiger partial charge < -0.3 is 15.4 Å². The summed E-state index contributed by atoms with van der Waals surface area (Å²) >= 11 is 5.07. The summed E-state index contributed by atoms with van der Waals surface area (Å²) in [6.45, 7) is 0.464. The summed E-state index contributed by atoms with van der Waals surface area (Å²) in [7, 11) is 1.59. The normalized spacial score (nSPS) is 10.0. The van der Waals surface area contributed by atoms with E-state index in [0.717, 1.165) is 23.4 Å². The fourth-order valence-electron chi connectivity index (χ4n) is 1.72. The predicted octanol–water partition coefficient (Wildman–Crippen LogP) is 3.46. The fraction of sp³-hybridized carbons (Fsp3) is 0.133. The molecule has 0 bridgehead atoms. The van der Waals surface area contributed by atoms with E-state index in [1.165, 1.54) is 6.07 Å². The van der Waals surface area contributed by atoms with Gasteiger partial charge in [-0.05, 0) is 42.0 Å². The maximum Gasteiger partial charge on any atom is 0.171 e. The van der Waals surface area contributed by atoms with Gasteiger partial charge in [-0.3, -0.25) is 0 Å². The van der Waals surface area contributed by atoms with Gasteiger partial charge in [-0.15, -0.1) is 0 Å². The Kier molecular flexibility index (Phi) is 5.05. The van der Waals surface area contributed by atoms with Gasteiger partial charge in [0.25, 0.3) is 0 Å². The van der Waals surface area contributed by atoms with Crippen molar-refractivity contribution < 1.29 is 13.5 Å². The molecule has 2 aromatic rings. The molecule has 2 rings (SSSR count). The van der Waals surface area contributed by atoms with Crippen LogP contribution in [0.15, 0.2) is 42.5 Å². The van der Waals surface area contributed by atoms with Gasteiger partial charge in [-0.25, -0.2) is 8.78 Å². The first kappa shape index (κ1) is 15.2. The molecule has 110 valence electrons. The first-order valence-corrected chi connectivity index (χ1v) is 6.62. The highest BCUT2D eigenvalue weighted by Crippen LogP contribution is 2.15. The molecular formula is C15H14F2N2OS. The molecular weight excluding hydrogens is 294 g/mol. The first-order chi connectivity index (χ1) is 10.1. The SMILES string of the molecule is COc1cccc(CNC(=S)Nc2ccc(F)cc2F)c1. The third-order valence-corrected chi connectivity index (χ3v) is 3.01. The van der Waals surface area contributed by atoms with E-state index in [0.29, 0.717) is 6.54 Å². The van der Waals surface area contributed by atoms with Gasteiger partial charge in [0, 0.05) is 12.6 Å². The van der Waals surface area contributed by atoms with Crippen LogP contribution in [-0.2, 0) is 6.54 Å². The lowest BCUT2D eigenvalue weighted by molar-refractivity contribution is 0.414. The number of anilines is 1. The Morgan fingerprint density at radius 2 is 2.00 bits per heavy atom. The Balaban J connectivity index is 1.92. The van der Waals surface area contributed by atoms with Crippen LogP contribution in [0, 0.1) is 11.6 Å². The molecule has 0 aliphatic heterocycles. The van der Waals surface area contributed by atoms with Crippen molar-refractivity contribution in [1.29, 1.82) is 0 Å². The molecule has 0 aliphatic carbocycles. The smallest absolute Gasteiger partial charge is 0.171 e. The van der Waals surface area contributed by atoms with E-state index in [2.05, 4.69) is 10.6 Å². The van der Waals surface area contributed by atoms with Crippen molar-refractivity contribution in [3.63, 3.8) is 0 Å². The molecule has 0 aromatic heterocycles. The van der Waals surface area contributed by atoms with E-state index in [-0.39, 0.29) is 10.8 Å². The summed E-state index contributed by atoms with van der Waals surface area (Å²) in [5.41, 5.74) is 1.10. The van der Waals surface area contributed by atoms with Crippen molar-refractivity contribution in [1.82, 2.24) is 5.32 Å². The van der Waals surface area contributed by atoms with Gasteiger partial charge in [0.15, 0.2) is 5.11 Å². The summed E-state index contributed by atoms with van der Waals surface area (Å²) < 4.78 is 31.4. The fourth-order valence-corrected chi connectivity index (χ4v) is 1.90. The van der Waals surface area contributed by atoms with Crippen LogP contribution in [-0.4, -0.2) is 12.2 Å². The number of hydrogen-bond acceptors (Lipinski definition) is 2. The maximum atomic E-state index is 13.5. The Bertz CT molecular complexity index is 649. The van der Waals surface area contributed by atoms with Crippen LogP contribution in [0.4, 0.5) is 14.5 Å². The van der Waals surface area contributed by atoms with Crippen LogP contribution in [0.3, 0.4) is 0 Å². The number of rotatable bonds is 4. The second kappa shape index (κ2) is 6.99. The van der Waals surface area contributed by atoms with Crippen molar-refractivity contribution in [2.75, 3.05) is 12.4 Å². The molecule has 6 heteroatoms. The maximum absolute atomic E-state index is 13.5. The molecule has 2 aromatic carbocycles. The average molecular weight is 308 g/mol. The Morgan fingerprint density at radius 3 is 2.71 bits per heavy atom. The number of ether oxygens (including phenoxy) is 1. The van der Waals surface area contributed by atoms with E-state index in [9.17, 15) is 8.78 Å². The van der Waals surface area contributed by atoms with E-state index in [1.807, 2.05) is 24.3 Å². The van der Waals surface area contributed by atoms with Crippen molar-refractivity contribution in [3.8, 4) is 5.75 Å². The van der Waals surface area contributed by atoms with Crippen LogP contribution in [0.25, 0.3) is 0 Å². The largest absolute Gasteiger partial charge is 0.497 e. The molecule has 0 amide bonds. The van der Waals surface area contributed by atoms with Crippen LogP contribution >= 0.6 is 12.2 Å². The van der Waals surface area contributed by atoms with Gasteiger partial charge in [-0.1, -0.05) is 12.1 Å². The monoisotopic (exact) mass is 308 g/mol. The molecule has 0 atom stereocenters. The molecule has 0 radical (unpaired) electrons. The van der Waals surface area contributed by atoms with Gasteiger partial charge in [-0.2, -0.15) is 0 Å². The van der Waals surface area contributed by atoms with Crippen LogP contribution < -0.4 is 15.4 Å². The molecule has 2 N–H and O–H groups in total. The number of thiocarbonyl (C=S) groups is 1. The van der Waals surface area contributed by atoms with Gasteiger partial charge in [0.1, 0.15) is 17.4 Å². The van der Waals surface area contributed by atoms with Crippen LogP contribution in [0.1, 0.15) is 5.56 Å². The molecule has 0 saturated heterocycles. The molecule has 3 nitrogen and oxygen atoms in total. The first-order valence-electron chi connectivity index (χ1n) is 6.21. The zero-order valence-corrected chi connectivity index (χ0v) is 12.1. The number of methoxy groups -OCH3 is 1.